The summed E-state index contributed by atoms with van der Waals surface area (Å²) >= 11 is 0. The van der Waals surface area contributed by atoms with Gasteiger partial charge in [-0.15, -0.1) is 0 Å². The molecule has 0 aliphatic carbocycles. The van der Waals surface area contributed by atoms with Gasteiger partial charge < -0.3 is 20.6 Å². The molecule has 130 valence electrons. The highest BCUT2D eigenvalue weighted by Crippen LogP contribution is 2.34. The first-order valence-electron chi connectivity index (χ1n) is 8.33. The zero-order valence-corrected chi connectivity index (χ0v) is 13.6. The molecule has 0 saturated carbocycles. The van der Waals surface area contributed by atoms with Crippen molar-refractivity contribution in [2.75, 3.05) is 32.7 Å². The van der Waals surface area contributed by atoms with Crippen molar-refractivity contribution in [2.24, 2.45) is 0 Å². The number of hydrogen-bond donors (Lipinski definition) is 3. The first-order valence-corrected chi connectivity index (χ1v) is 8.33. The van der Waals surface area contributed by atoms with Crippen molar-refractivity contribution in [3.63, 3.8) is 0 Å². The lowest BCUT2D eigenvalue weighted by atomic mass is 9.91. The van der Waals surface area contributed by atoms with Crippen molar-refractivity contribution in [2.45, 2.75) is 24.9 Å². The summed E-state index contributed by atoms with van der Waals surface area (Å²) in [5.41, 5.74) is -0.539. The van der Waals surface area contributed by atoms with E-state index in [9.17, 15) is 14.7 Å². The second kappa shape index (κ2) is 7.04. The lowest BCUT2D eigenvalue weighted by molar-refractivity contribution is 0.0218. The average Bonchev–Trinajstić information content (AvgIpc) is 2.63. The average molecular weight is 333 g/mol. The number of nitrogens with zero attached hydrogens (tertiary/aromatic N) is 3. The van der Waals surface area contributed by atoms with Crippen molar-refractivity contribution in [1.82, 2.24) is 25.4 Å². The zero-order valence-electron chi connectivity index (χ0n) is 13.6. The Hall–Kier alpha value is -2.35. The minimum Gasteiger partial charge on any atom is -0.465 e. The van der Waals surface area contributed by atoms with Crippen LogP contribution in [0.1, 0.15) is 25.0 Å². The number of carboxylic acid groups (broad SMARTS) is 1. The fourth-order valence-corrected chi connectivity index (χ4v) is 3.43. The molecule has 0 bridgehead atoms. The zero-order chi connectivity index (χ0) is 17.0. The van der Waals surface area contributed by atoms with E-state index in [1.165, 1.54) is 4.90 Å². The molecule has 2 saturated heterocycles. The largest absolute Gasteiger partial charge is 0.465 e. The monoisotopic (exact) mass is 333 g/mol. The Morgan fingerprint density at radius 2 is 2.00 bits per heavy atom. The molecule has 8 nitrogen and oxygen atoms in total. The molecule has 3 amide bonds. The molecule has 0 aromatic carbocycles. The van der Waals surface area contributed by atoms with Crippen LogP contribution >= 0.6 is 0 Å². The minimum absolute atomic E-state index is 0.240. The molecule has 8 heteroatoms. The lowest BCUT2D eigenvalue weighted by Gasteiger charge is -2.46. The molecule has 1 aromatic heterocycles. The second-order valence-electron chi connectivity index (χ2n) is 6.13. The van der Waals surface area contributed by atoms with E-state index in [2.05, 4.69) is 15.6 Å². The Morgan fingerprint density at radius 3 is 2.67 bits per heavy atom. The highest BCUT2D eigenvalue weighted by Gasteiger charge is 2.46. The summed E-state index contributed by atoms with van der Waals surface area (Å²) in [6.07, 6.45) is 2.73. The number of amides is 3. The van der Waals surface area contributed by atoms with Crippen molar-refractivity contribution in [3.8, 4) is 0 Å². The summed E-state index contributed by atoms with van der Waals surface area (Å²) < 4.78 is 0. The van der Waals surface area contributed by atoms with Crippen LogP contribution in [0.4, 0.5) is 9.59 Å². The summed E-state index contributed by atoms with van der Waals surface area (Å²) in [6.45, 7) is 3.08. The number of piperidine rings is 1. The molecule has 1 atom stereocenters. The van der Waals surface area contributed by atoms with Gasteiger partial charge in [-0.2, -0.15) is 0 Å². The van der Waals surface area contributed by atoms with Crippen LogP contribution < -0.4 is 10.6 Å². The van der Waals surface area contributed by atoms with Crippen molar-refractivity contribution in [3.05, 3.63) is 30.1 Å². The van der Waals surface area contributed by atoms with Gasteiger partial charge >= 0.3 is 12.1 Å². The van der Waals surface area contributed by atoms with Gasteiger partial charge in [0.25, 0.3) is 0 Å². The highest BCUT2D eigenvalue weighted by molar-refractivity contribution is 5.77. The van der Waals surface area contributed by atoms with Crippen LogP contribution in [0, 0.1) is 0 Å². The number of carbonyl (C=O) groups excluding carboxylic acids is 1. The molecule has 3 heterocycles. The first kappa shape index (κ1) is 16.5. The summed E-state index contributed by atoms with van der Waals surface area (Å²) in [5, 5.41) is 15.9. The van der Waals surface area contributed by atoms with Crippen LogP contribution in [0.2, 0.25) is 0 Å². The minimum atomic E-state index is -1.10. The van der Waals surface area contributed by atoms with Gasteiger partial charge in [-0.1, -0.05) is 6.07 Å². The molecule has 2 fully saturated rings. The number of urea groups is 1. The molecule has 0 radical (unpaired) electrons. The van der Waals surface area contributed by atoms with Crippen LogP contribution in [0.5, 0.6) is 0 Å². The number of likely N-dealkylation sites (tertiary alicyclic amines) is 1. The van der Waals surface area contributed by atoms with Crippen LogP contribution in [0.25, 0.3) is 0 Å². The molecule has 3 N–H and O–H groups in total. The van der Waals surface area contributed by atoms with Crippen molar-refractivity contribution >= 4 is 12.1 Å². The highest BCUT2D eigenvalue weighted by atomic mass is 16.4. The number of aromatic nitrogens is 1. The maximum absolute atomic E-state index is 12.8. The van der Waals surface area contributed by atoms with Crippen LogP contribution in [0.15, 0.2) is 24.4 Å². The predicted molar refractivity (Wildman–Crippen MR) is 87.5 cm³/mol. The van der Waals surface area contributed by atoms with E-state index in [-0.39, 0.29) is 6.03 Å². The standard InChI is InChI=1S/C16H23N5O3/c22-14(20-11-8-17-9-12-20)19-16(13-5-1-3-7-18-13)6-2-4-10-21(16)15(23)24/h1,3,5,7,17H,2,4,6,8-12H2,(H,19,22)(H,23,24). The second-order valence-corrected chi connectivity index (χ2v) is 6.13. The number of carbonyl (C=O) groups is 2. The number of piperazine rings is 1. The normalized spacial score (nSPS) is 24.5. The quantitative estimate of drug-likeness (QED) is 0.750. The third kappa shape index (κ3) is 3.14. The van der Waals surface area contributed by atoms with Crippen molar-refractivity contribution < 1.29 is 14.7 Å². The maximum atomic E-state index is 12.8. The van der Waals surface area contributed by atoms with E-state index < -0.39 is 11.8 Å². The van der Waals surface area contributed by atoms with E-state index in [1.54, 1.807) is 23.2 Å². The summed E-state index contributed by atoms with van der Waals surface area (Å²) in [6, 6.07) is 5.13. The van der Waals surface area contributed by atoms with E-state index in [4.69, 9.17) is 0 Å². The van der Waals surface area contributed by atoms with Gasteiger partial charge in [-0.05, 0) is 31.4 Å². The third-order valence-corrected chi connectivity index (χ3v) is 4.67. The Bertz CT molecular complexity index is 591. The molecule has 24 heavy (non-hydrogen) atoms. The van der Waals surface area contributed by atoms with Gasteiger partial charge in [0.05, 0.1) is 5.69 Å². The van der Waals surface area contributed by atoms with Crippen molar-refractivity contribution in [1.29, 1.82) is 0 Å². The smallest absolute Gasteiger partial charge is 0.409 e. The van der Waals surface area contributed by atoms with E-state index in [0.717, 1.165) is 25.9 Å². The first-order chi connectivity index (χ1) is 11.6. The lowest BCUT2D eigenvalue weighted by Crippen LogP contribution is -2.64. The third-order valence-electron chi connectivity index (χ3n) is 4.67. The number of pyridine rings is 1. The summed E-state index contributed by atoms with van der Waals surface area (Å²) in [4.78, 5) is 32.0. The maximum Gasteiger partial charge on any atom is 0.409 e. The summed E-state index contributed by atoms with van der Waals surface area (Å²) in [7, 11) is 0. The predicted octanol–water partition coefficient (Wildman–Crippen LogP) is 1.01. The number of nitrogens with one attached hydrogen (secondary N) is 2. The molecule has 3 rings (SSSR count). The molecule has 1 aromatic rings. The van der Waals surface area contributed by atoms with Crippen LogP contribution in [-0.4, -0.2) is 64.7 Å². The molecular weight excluding hydrogens is 310 g/mol. The van der Waals surface area contributed by atoms with Gasteiger partial charge in [-0.25, -0.2) is 9.59 Å². The van der Waals surface area contributed by atoms with Gasteiger partial charge in [0.2, 0.25) is 0 Å². The van der Waals surface area contributed by atoms with Gasteiger partial charge in [-0.3, -0.25) is 9.88 Å². The Morgan fingerprint density at radius 1 is 1.21 bits per heavy atom. The van der Waals surface area contributed by atoms with Crippen LogP contribution in [0.3, 0.4) is 0 Å². The number of rotatable bonds is 2. The molecule has 2 aliphatic heterocycles. The Kier molecular flexibility index (Phi) is 4.84. The fraction of sp³-hybridized carbons (Fsp3) is 0.562. The van der Waals surface area contributed by atoms with Gasteiger partial charge in [0.15, 0.2) is 5.66 Å². The van der Waals surface area contributed by atoms with Crippen LogP contribution in [-0.2, 0) is 5.66 Å². The van der Waals surface area contributed by atoms with E-state index in [1.807, 2.05) is 6.07 Å². The number of hydrogen-bond acceptors (Lipinski definition) is 4. The van der Waals surface area contributed by atoms with Gasteiger partial charge in [0.1, 0.15) is 0 Å². The molecule has 2 aliphatic rings. The van der Waals surface area contributed by atoms with Gasteiger partial charge in [0, 0.05) is 38.9 Å². The van der Waals surface area contributed by atoms with E-state index >= 15 is 0 Å². The van der Waals surface area contributed by atoms with E-state index in [0.29, 0.717) is 31.7 Å². The molecule has 1 unspecified atom stereocenters. The SMILES string of the molecule is O=C(NC1(c2ccccn2)CCCCN1C(=O)O)N1CCNCC1. The Balaban J connectivity index is 1.92. The summed E-state index contributed by atoms with van der Waals surface area (Å²) in [5.74, 6) is 0. The topological polar surface area (TPSA) is 97.8 Å². The molecular formula is C16H23N5O3. The molecule has 0 spiro atoms. The Labute approximate surface area is 140 Å². The fourth-order valence-electron chi connectivity index (χ4n) is 3.43.